The van der Waals surface area contributed by atoms with E-state index in [2.05, 4.69) is 36.7 Å². The summed E-state index contributed by atoms with van der Waals surface area (Å²) in [5.41, 5.74) is 0.516. The molecule has 1 atom stereocenters. The number of amides is 1. The highest BCUT2D eigenvalue weighted by Gasteiger charge is 2.28. The zero-order valence-electron chi connectivity index (χ0n) is 9.43. The Labute approximate surface area is 121 Å². The van der Waals surface area contributed by atoms with Crippen LogP contribution in [0, 0.1) is 0 Å². The van der Waals surface area contributed by atoms with E-state index in [-0.39, 0.29) is 10.8 Å². The van der Waals surface area contributed by atoms with Gasteiger partial charge in [-0.2, -0.15) is 10.3 Å². The molecule has 0 saturated heterocycles. The summed E-state index contributed by atoms with van der Waals surface area (Å²) in [5, 5.41) is 11.9. The van der Waals surface area contributed by atoms with Gasteiger partial charge in [-0.05, 0) is 12.1 Å². The van der Waals surface area contributed by atoms with Crippen molar-refractivity contribution in [3.8, 4) is 0 Å². The Kier molecular flexibility index (Phi) is 4.28. The Morgan fingerprint density at radius 3 is 2.53 bits per heavy atom. The number of H-pyrrole nitrogens is 1. The predicted molar refractivity (Wildman–Crippen MR) is 73.5 cm³/mol. The maximum Gasteiger partial charge on any atom is 0.246 e. The summed E-state index contributed by atoms with van der Waals surface area (Å²) in [7, 11) is 0. The van der Waals surface area contributed by atoms with E-state index in [9.17, 15) is 9.59 Å². The van der Waals surface area contributed by atoms with Crippen LogP contribution in [0.15, 0.2) is 30.3 Å². The second kappa shape index (κ2) is 5.94. The number of aromatic nitrogens is 3. The monoisotopic (exact) mass is 342 g/mol. The lowest BCUT2D eigenvalue weighted by Gasteiger charge is -2.08. The minimum absolute atomic E-state index is 0.0676. The van der Waals surface area contributed by atoms with Gasteiger partial charge in [-0.3, -0.25) is 9.59 Å². The molecule has 2 N–H and O–H groups in total. The lowest BCUT2D eigenvalue weighted by molar-refractivity contribution is -0.114. The molecule has 1 aromatic carbocycles. The van der Waals surface area contributed by atoms with Gasteiger partial charge in [0.2, 0.25) is 11.7 Å². The van der Waals surface area contributed by atoms with E-state index >= 15 is 0 Å². The number of Topliss-reactive ketones (excluding diaryl/α,β-unsaturated/α-hetero) is 1. The molecule has 0 bridgehead atoms. The lowest BCUT2D eigenvalue weighted by atomic mass is 10.2. The molecule has 1 heterocycles. The van der Waals surface area contributed by atoms with Crippen molar-refractivity contribution in [1.29, 1.82) is 0 Å². The van der Waals surface area contributed by atoms with E-state index in [0.717, 1.165) is 0 Å². The quantitative estimate of drug-likeness (QED) is 0.505. The molecular formula is C11H8BrClN4O2. The summed E-state index contributed by atoms with van der Waals surface area (Å²) in [5.74, 6) is -1.07. The molecule has 0 aliphatic rings. The molecule has 19 heavy (non-hydrogen) atoms. The molecule has 2 rings (SSSR count). The van der Waals surface area contributed by atoms with Crippen LogP contribution in [0.2, 0.25) is 5.15 Å². The zero-order valence-corrected chi connectivity index (χ0v) is 11.8. The van der Waals surface area contributed by atoms with E-state index in [1.165, 1.54) is 0 Å². The second-order valence-corrected chi connectivity index (χ2v) is 4.82. The molecular weight excluding hydrogens is 336 g/mol. The number of nitrogens with zero attached hydrogens (tertiary/aromatic N) is 2. The number of carbonyl (C=O) groups is 2. The van der Waals surface area contributed by atoms with Crippen molar-refractivity contribution in [2.75, 3.05) is 5.32 Å². The van der Waals surface area contributed by atoms with Crippen LogP contribution >= 0.6 is 27.5 Å². The summed E-state index contributed by atoms with van der Waals surface area (Å²) in [6.07, 6.45) is 0. The number of alkyl halides is 1. The number of benzene rings is 1. The van der Waals surface area contributed by atoms with Gasteiger partial charge in [0, 0.05) is 5.69 Å². The lowest BCUT2D eigenvalue weighted by Crippen LogP contribution is -2.30. The van der Waals surface area contributed by atoms with Gasteiger partial charge >= 0.3 is 0 Å². The molecule has 98 valence electrons. The molecule has 0 saturated carbocycles. The normalized spacial score (nSPS) is 11.9. The van der Waals surface area contributed by atoms with Crippen molar-refractivity contribution in [1.82, 2.24) is 15.4 Å². The van der Waals surface area contributed by atoms with Gasteiger partial charge in [0.25, 0.3) is 0 Å². The highest BCUT2D eigenvalue weighted by Crippen LogP contribution is 2.16. The topological polar surface area (TPSA) is 87.7 Å². The Morgan fingerprint density at radius 2 is 1.95 bits per heavy atom. The van der Waals surface area contributed by atoms with Gasteiger partial charge in [-0.25, -0.2) is 0 Å². The molecule has 1 unspecified atom stereocenters. The first-order valence-corrected chi connectivity index (χ1v) is 6.49. The maximum atomic E-state index is 11.9. The standard InChI is InChI=1S/C11H8BrClN4O2/c12-7(9(18)8-10(13)16-17-15-8)11(19)14-6-4-2-1-3-5-6/h1-5,7H,(H,14,19)(H,15,16,17). The summed E-state index contributed by atoms with van der Waals surface area (Å²) in [6, 6.07) is 8.79. The van der Waals surface area contributed by atoms with E-state index in [1.54, 1.807) is 24.3 Å². The van der Waals surface area contributed by atoms with E-state index in [4.69, 9.17) is 11.6 Å². The third-order valence-electron chi connectivity index (χ3n) is 2.24. The Morgan fingerprint density at radius 1 is 1.26 bits per heavy atom. The number of nitrogens with one attached hydrogen (secondary N) is 2. The fraction of sp³-hybridized carbons (Fsp3) is 0.0909. The molecule has 0 fully saturated rings. The van der Waals surface area contributed by atoms with Crippen molar-refractivity contribution in [3.63, 3.8) is 0 Å². The number of carbonyl (C=O) groups excluding carboxylic acids is 2. The summed E-state index contributed by atoms with van der Waals surface area (Å²) >= 11 is 8.69. The Hall–Kier alpha value is -1.73. The van der Waals surface area contributed by atoms with Crippen molar-refractivity contribution in [3.05, 3.63) is 41.2 Å². The fourth-order valence-corrected chi connectivity index (χ4v) is 1.85. The molecule has 1 amide bonds. The van der Waals surface area contributed by atoms with Crippen LogP contribution < -0.4 is 5.32 Å². The van der Waals surface area contributed by atoms with Crippen LogP contribution in [0.3, 0.4) is 0 Å². The number of para-hydroxylation sites is 1. The van der Waals surface area contributed by atoms with Crippen molar-refractivity contribution in [2.24, 2.45) is 0 Å². The Balaban J connectivity index is 2.08. The van der Waals surface area contributed by atoms with Crippen LogP contribution in [0.4, 0.5) is 5.69 Å². The van der Waals surface area contributed by atoms with Gasteiger partial charge in [-0.15, -0.1) is 5.10 Å². The minimum Gasteiger partial charge on any atom is -0.325 e. The number of anilines is 1. The number of rotatable bonds is 4. The number of hydrogen-bond acceptors (Lipinski definition) is 4. The SMILES string of the molecule is O=C(Nc1ccccc1)C(Br)C(=O)c1n[nH]nc1Cl. The number of ketones is 1. The first-order valence-electron chi connectivity index (χ1n) is 5.20. The van der Waals surface area contributed by atoms with Gasteiger partial charge < -0.3 is 5.32 Å². The largest absolute Gasteiger partial charge is 0.325 e. The van der Waals surface area contributed by atoms with Gasteiger partial charge in [-0.1, -0.05) is 45.7 Å². The highest BCUT2D eigenvalue weighted by molar-refractivity contribution is 9.10. The van der Waals surface area contributed by atoms with Gasteiger partial charge in [0.15, 0.2) is 15.7 Å². The summed E-state index contributed by atoms with van der Waals surface area (Å²) < 4.78 is 0. The zero-order chi connectivity index (χ0) is 13.8. The third kappa shape index (κ3) is 3.18. The van der Waals surface area contributed by atoms with Crippen molar-refractivity contribution in [2.45, 2.75) is 4.83 Å². The molecule has 2 aromatic rings. The molecule has 0 spiro atoms. The summed E-state index contributed by atoms with van der Waals surface area (Å²) in [6.45, 7) is 0. The van der Waals surface area contributed by atoms with E-state index in [0.29, 0.717) is 5.69 Å². The predicted octanol–water partition coefficient (Wildman–Crippen LogP) is 2.04. The fourth-order valence-electron chi connectivity index (χ4n) is 1.34. The van der Waals surface area contributed by atoms with Crippen LogP contribution in [-0.2, 0) is 4.79 Å². The van der Waals surface area contributed by atoms with Crippen LogP contribution in [0.25, 0.3) is 0 Å². The van der Waals surface area contributed by atoms with Crippen LogP contribution in [0.5, 0.6) is 0 Å². The molecule has 0 aliphatic carbocycles. The molecule has 1 aromatic heterocycles. The van der Waals surface area contributed by atoms with E-state index < -0.39 is 16.5 Å². The van der Waals surface area contributed by atoms with Gasteiger partial charge in [0.05, 0.1) is 0 Å². The number of halogens is 2. The average molecular weight is 344 g/mol. The smallest absolute Gasteiger partial charge is 0.246 e. The third-order valence-corrected chi connectivity index (χ3v) is 3.34. The van der Waals surface area contributed by atoms with Crippen molar-refractivity contribution < 1.29 is 9.59 Å². The highest BCUT2D eigenvalue weighted by atomic mass is 79.9. The first kappa shape index (κ1) is 13.7. The molecule has 8 heteroatoms. The second-order valence-electron chi connectivity index (χ2n) is 3.55. The number of hydrogen-bond donors (Lipinski definition) is 2. The molecule has 0 radical (unpaired) electrons. The number of aromatic amines is 1. The average Bonchev–Trinajstić information content (AvgIpc) is 2.84. The Bertz CT molecular complexity index is 602. The molecule has 0 aliphatic heterocycles. The van der Waals surface area contributed by atoms with Gasteiger partial charge in [0.1, 0.15) is 0 Å². The maximum absolute atomic E-state index is 11.9. The minimum atomic E-state index is -1.09. The van der Waals surface area contributed by atoms with E-state index in [1.807, 2.05) is 6.07 Å². The summed E-state index contributed by atoms with van der Waals surface area (Å²) in [4.78, 5) is 22.7. The van der Waals surface area contributed by atoms with Crippen molar-refractivity contribution >= 4 is 44.9 Å². The molecule has 6 nitrogen and oxygen atoms in total. The first-order chi connectivity index (χ1) is 9.09. The van der Waals surface area contributed by atoms with Crippen LogP contribution in [-0.4, -0.2) is 31.9 Å². The van der Waals surface area contributed by atoms with Crippen LogP contribution in [0.1, 0.15) is 10.5 Å².